The molecule has 0 atom stereocenters. The van der Waals surface area contributed by atoms with Crippen molar-refractivity contribution < 1.29 is 14.3 Å². The van der Waals surface area contributed by atoms with Gasteiger partial charge in [-0.2, -0.15) is 0 Å². The molecule has 1 rings (SSSR count). The van der Waals surface area contributed by atoms with Gasteiger partial charge in [0.25, 0.3) is 0 Å². The average Bonchev–Trinajstić information content (AvgIpc) is 2.50. The Morgan fingerprint density at radius 1 is 1.14 bits per heavy atom. The van der Waals surface area contributed by atoms with E-state index in [1.165, 1.54) is 18.2 Å². The Kier molecular flexibility index (Phi) is 6.08. The highest BCUT2D eigenvalue weighted by atomic mass is 16.4. The highest BCUT2D eigenvalue weighted by Crippen LogP contribution is 2.25. The highest BCUT2D eigenvalue weighted by molar-refractivity contribution is 6.07. The Morgan fingerprint density at radius 2 is 1.82 bits per heavy atom. The van der Waals surface area contributed by atoms with E-state index >= 15 is 0 Å². The molecule has 0 fully saturated rings. The summed E-state index contributed by atoms with van der Waals surface area (Å²) < 4.78 is 4.97. The number of aromatic hydroxyl groups is 1. The fraction of sp³-hybridized carbons (Fsp3) is 0.111. The molecule has 0 saturated heterocycles. The van der Waals surface area contributed by atoms with Crippen LogP contribution in [0.15, 0.2) is 58.3 Å². The standard InChI is InChI=1S/C18H18O4/c1-5-9-12(6-2)10-11-14(19)16-17(20)13(7-3)15(8-4)22-18(16)21/h5-11,20H,3-4H2,1-2H3/b9-5-,11-10+,12-6+. The predicted molar refractivity (Wildman–Crippen MR) is 88.9 cm³/mol. The molecular weight excluding hydrogens is 280 g/mol. The van der Waals surface area contributed by atoms with E-state index in [1.54, 1.807) is 6.08 Å². The lowest BCUT2D eigenvalue weighted by atomic mass is 10.1. The molecule has 4 heteroatoms. The molecule has 0 saturated carbocycles. The second kappa shape index (κ2) is 7.78. The van der Waals surface area contributed by atoms with Crippen molar-refractivity contribution in [2.75, 3.05) is 0 Å². The van der Waals surface area contributed by atoms with Crippen molar-refractivity contribution in [2.45, 2.75) is 13.8 Å². The van der Waals surface area contributed by atoms with Crippen molar-refractivity contribution in [1.82, 2.24) is 0 Å². The van der Waals surface area contributed by atoms with Gasteiger partial charge in [0.15, 0.2) is 5.78 Å². The number of rotatable bonds is 6. The van der Waals surface area contributed by atoms with Crippen molar-refractivity contribution in [1.29, 1.82) is 0 Å². The van der Waals surface area contributed by atoms with Gasteiger partial charge in [-0.15, -0.1) is 0 Å². The summed E-state index contributed by atoms with van der Waals surface area (Å²) >= 11 is 0. The number of carbonyl (C=O) groups excluding carboxylic acids is 1. The van der Waals surface area contributed by atoms with Gasteiger partial charge in [0, 0.05) is 0 Å². The van der Waals surface area contributed by atoms with Crippen molar-refractivity contribution >= 4 is 17.9 Å². The number of hydrogen-bond donors (Lipinski definition) is 1. The van der Waals surface area contributed by atoms with Crippen LogP contribution in [0.25, 0.3) is 12.2 Å². The van der Waals surface area contributed by atoms with Crippen molar-refractivity contribution in [3.05, 3.63) is 76.4 Å². The smallest absolute Gasteiger partial charge is 0.351 e. The molecule has 114 valence electrons. The van der Waals surface area contributed by atoms with Crippen LogP contribution in [-0.4, -0.2) is 10.9 Å². The maximum Gasteiger partial charge on any atom is 0.351 e. The average molecular weight is 298 g/mol. The largest absolute Gasteiger partial charge is 0.506 e. The van der Waals surface area contributed by atoms with Crippen LogP contribution in [0.2, 0.25) is 0 Å². The molecule has 0 spiro atoms. The molecule has 0 amide bonds. The van der Waals surface area contributed by atoms with Gasteiger partial charge in [-0.1, -0.05) is 43.5 Å². The Hall–Kier alpha value is -2.88. The molecule has 0 radical (unpaired) electrons. The van der Waals surface area contributed by atoms with Crippen molar-refractivity contribution in [3.8, 4) is 5.75 Å². The number of hydrogen-bond acceptors (Lipinski definition) is 4. The lowest BCUT2D eigenvalue weighted by Crippen LogP contribution is -2.14. The molecule has 0 bridgehead atoms. The topological polar surface area (TPSA) is 67.5 Å². The lowest BCUT2D eigenvalue weighted by molar-refractivity contribution is 0.104. The third-order valence-corrected chi connectivity index (χ3v) is 2.92. The number of allylic oxidation sites excluding steroid dienone is 6. The van der Waals surface area contributed by atoms with Gasteiger partial charge in [0.2, 0.25) is 0 Å². The monoisotopic (exact) mass is 298 g/mol. The van der Waals surface area contributed by atoms with Gasteiger partial charge in [0.1, 0.15) is 17.1 Å². The lowest BCUT2D eigenvalue weighted by Gasteiger charge is -2.06. The predicted octanol–water partition coefficient (Wildman–Crippen LogP) is 3.89. The van der Waals surface area contributed by atoms with Crippen LogP contribution < -0.4 is 5.63 Å². The van der Waals surface area contributed by atoms with Crippen LogP contribution >= 0.6 is 0 Å². The molecule has 1 aromatic rings. The quantitative estimate of drug-likeness (QED) is 0.491. The summed E-state index contributed by atoms with van der Waals surface area (Å²) in [7, 11) is 0. The molecular formula is C18H18O4. The van der Waals surface area contributed by atoms with Crippen LogP contribution in [-0.2, 0) is 0 Å². The number of carbonyl (C=O) groups is 1. The highest BCUT2D eigenvalue weighted by Gasteiger charge is 2.20. The van der Waals surface area contributed by atoms with E-state index in [2.05, 4.69) is 13.2 Å². The SMILES string of the molecule is C=Cc1oc(=O)c(C(=O)/C=C/C(/C=C\C)=C/C)c(O)c1C=C. The van der Waals surface area contributed by atoms with Crippen LogP contribution in [0.1, 0.15) is 35.5 Å². The molecule has 0 aliphatic carbocycles. The van der Waals surface area contributed by atoms with E-state index in [1.807, 2.05) is 32.1 Å². The molecule has 0 unspecified atom stereocenters. The van der Waals surface area contributed by atoms with Crippen LogP contribution in [0.4, 0.5) is 0 Å². The summed E-state index contributed by atoms with van der Waals surface area (Å²) in [6.45, 7) is 10.7. The van der Waals surface area contributed by atoms with E-state index in [0.29, 0.717) is 0 Å². The van der Waals surface area contributed by atoms with E-state index in [-0.39, 0.29) is 11.3 Å². The summed E-state index contributed by atoms with van der Waals surface area (Å²) in [5.74, 6) is -1.03. The summed E-state index contributed by atoms with van der Waals surface area (Å²) in [6.07, 6.45) is 10.8. The number of ketones is 1. The summed E-state index contributed by atoms with van der Waals surface area (Å²) in [5, 5.41) is 10.1. The van der Waals surface area contributed by atoms with Gasteiger partial charge >= 0.3 is 5.63 Å². The van der Waals surface area contributed by atoms with Crippen LogP contribution in [0.3, 0.4) is 0 Å². The minimum atomic E-state index is -0.916. The Balaban J connectivity index is 3.36. The maximum absolute atomic E-state index is 12.2. The van der Waals surface area contributed by atoms with Crippen LogP contribution in [0, 0.1) is 0 Å². The molecule has 1 aromatic heterocycles. The first-order chi connectivity index (χ1) is 10.5. The first-order valence-corrected chi connectivity index (χ1v) is 6.66. The molecule has 1 heterocycles. The van der Waals surface area contributed by atoms with Crippen molar-refractivity contribution in [3.63, 3.8) is 0 Å². The van der Waals surface area contributed by atoms with Crippen molar-refractivity contribution in [2.24, 2.45) is 0 Å². The van der Waals surface area contributed by atoms with Gasteiger partial charge in [-0.05, 0) is 31.6 Å². The van der Waals surface area contributed by atoms with E-state index in [0.717, 1.165) is 5.57 Å². The Bertz CT molecular complexity index is 743. The van der Waals surface area contributed by atoms with Crippen LogP contribution in [0.5, 0.6) is 5.75 Å². The zero-order chi connectivity index (χ0) is 16.7. The first-order valence-electron chi connectivity index (χ1n) is 6.66. The summed E-state index contributed by atoms with van der Waals surface area (Å²) in [4.78, 5) is 24.0. The van der Waals surface area contributed by atoms with Gasteiger partial charge in [0.05, 0.1) is 5.56 Å². The third-order valence-electron chi connectivity index (χ3n) is 2.92. The fourth-order valence-corrected chi connectivity index (χ4v) is 1.82. The minimum Gasteiger partial charge on any atom is -0.506 e. The zero-order valence-corrected chi connectivity index (χ0v) is 12.6. The summed E-state index contributed by atoms with van der Waals surface area (Å²) in [6, 6.07) is 0. The van der Waals surface area contributed by atoms with E-state index in [4.69, 9.17) is 4.42 Å². The Labute approximate surface area is 129 Å². The normalized spacial score (nSPS) is 12.0. The van der Waals surface area contributed by atoms with Gasteiger partial charge in [-0.25, -0.2) is 4.79 Å². The molecule has 0 aromatic carbocycles. The van der Waals surface area contributed by atoms with E-state index in [9.17, 15) is 14.7 Å². The summed E-state index contributed by atoms with van der Waals surface area (Å²) in [5.41, 5.74) is -0.383. The zero-order valence-electron chi connectivity index (χ0n) is 12.6. The fourth-order valence-electron chi connectivity index (χ4n) is 1.82. The molecule has 22 heavy (non-hydrogen) atoms. The second-order valence-corrected chi connectivity index (χ2v) is 4.29. The second-order valence-electron chi connectivity index (χ2n) is 4.29. The Morgan fingerprint density at radius 3 is 2.32 bits per heavy atom. The third kappa shape index (κ3) is 3.61. The van der Waals surface area contributed by atoms with E-state index < -0.39 is 22.7 Å². The molecule has 0 aliphatic rings. The molecule has 0 aliphatic heterocycles. The molecule has 4 nitrogen and oxygen atoms in total. The van der Waals surface area contributed by atoms with Gasteiger partial charge < -0.3 is 9.52 Å². The maximum atomic E-state index is 12.2. The van der Waals surface area contributed by atoms with Gasteiger partial charge in [-0.3, -0.25) is 4.79 Å². The first kappa shape index (κ1) is 17.2. The molecule has 1 N–H and O–H groups in total. The minimum absolute atomic E-state index is 0.0705.